The van der Waals surface area contributed by atoms with Crippen molar-refractivity contribution >= 4 is 17.2 Å². The molecule has 4 aromatic rings. The number of halogens is 3. The van der Waals surface area contributed by atoms with Crippen molar-refractivity contribution in [2.24, 2.45) is 0 Å². The Balaban J connectivity index is 1.06. The van der Waals surface area contributed by atoms with Crippen molar-refractivity contribution in [2.75, 3.05) is 53.1 Å². The molecule has 0 radical (unpaired) electrons. The van der Waals surface area contributed by atoms with Crippen LogP contribution in [0, 0.1) is 18.6 Å². The number of ether oxygens (including phenoxy) is 3. The zero-order valence-electron chi connectivity index (χ0n) is 24.0. The number of pyridine rings is 2. The Bertz CT molecular complexity index is 1610. The molecule has 11 nitrogen and oxygen atoms in total. The van der Waals surface area contributed by atoms with Crippen LogP contribution in [0.5, 0.6) is 5.88 Å². The number of methoxy groups -OCH3 is 1. The fraction of sp³-hybridized carbons (Fsp3) is 0.517. The van der Waals surface area contributed by atoms with Crippen LogP contribution >= 0.6 is 11.6 Å². The van der Waals surface area contributed by atoms with Gasteiger partial charge in [0.1, 0.15) is 46.5 Å². The van der Waals surface area contributed by atoms with Gasteiger partial charge in [-0.3, -0.25) is 19.2 Å². The lowest BCUT2D eigenvalue weighted by atomic mass is 9.85. The number of hydrogen-bond donors (Lipinski definition) is 0. The third-order valence-corrected chi connectivity index (χ3v) is 9.24. The second-order valence-corrected chi connectivity index (χ2v) is 11.8. The first-order valence-corrected chi connectivity index (χ1v) is 14.9. The Kier molecular flexibility index (Phi) is 7.76. The first-order valence-electron chi connectivity index (χ1n) is 14.5. The lowest BCUT2D eigenvalue weighted by Crippen LogP contribution is -2.59. The van der Waals surface area contributed by atoms with Gasteiger partial charge in [0.25, 0.3) is 0 Å². The smallest absolute Gasteiger partial charge is 0.201 e. The summed E-state index contributed by atoms with van der Waals surface area (Å²) in [7, 11) is 1.41. The SMILES string of the molecule is COC(COc1cc(-c2nnn([C@H]3C[C@@H](N4CCN(C5COC5)CC4)C3)c2C)cc2ncc(Cl)n12)c1ncc(F)cc1F. The van der Waals surface area contributed by atoms with Crippen molar-refractivity contribution in [3.05, 3.63) is 58.8 Å². The van der Waals surface area contributed by atoms with Gasteiger partial charge >= 0.3 is 0 Å². The molecule has 7 rings (SSSR count). The van der Waals surface area contributed by atoms with Crippen LogP contribution in [0.4, 0.5) is 8.78 Å². The molecule has 3 fully saturated rings. The number of piperazine rings is 1. The van der Waals surface area contributed by atoms with Gasteiger partial charge in [0.15, 0.2) is 0 Å². The highest BCUT2D eigenvalue weighted by atomic mass is 35.5. The van der Waals surface area contributed by atoms with Crippen molar-refractivity contribution in [1.82, 2.24) is 39.2 Å². The third kappa shape index (κ3) is 5.37. The van der Waals surface area contributed by atoms with Gasteiger partial charge in [-0.15, -0.1) is 5.10 Å². The summed E-state index contributed by atoms with van der Waals surface area (Å²) in [4.78, 5) is 13.4. The van der Waals surface area contributed by atoms with E-state index in [1.165, 1.54) is 13.3 Å². The predicted molar refractivity (Wildman–Crippen MR) is 153 cm³/mol. The molecule has 0 bridgehead atoms. The number of rotatable bonds is 9. The van der Waals surface area contributed by atoms with Crippen LogP contribution < -0.4 is 4.74 Å². The normalized spacial score (nSPS) is 22.4. The predicted octanol–water partition coefficient (Wildman–Crippen LogP) is 3.71. The van der Waals surface area contributed by atoms with Crippen molar-refractivity contribution in [1.29, 1.82) is 0 Å². The maximum absolute atomic E-state index is 14.4. The lowest BCUT2D eigenvalue weighted by Gasteiger charge is -2.48. The molecule has 6 heterocycles. The Morgan fingerprint density at radius 1 is 1.00 bits per heavy atom. The zero-order chi connectivity index (χ0) is 29.7. The molecule has 0 N–H and O–H groups in total. The summed E-state index contributed by atoms with van der Waals surface area (Å²) in [5, 5.41) is 9.43. The maximum atomic E-state index is 14.4. The summed E-state index contributed by atoms with van der Waals surface area (Å²) in [6, 6.07) is 5.92. The number of nitrogens with zero attached hydrogens (tertiary/aromatic N) is 8. The molecule has 1 unspecified atom stereocenters. The van der Waals surface area contributed by atoms with Gasteiger partial charge in [-0.2, -0.15) is 0 Å². The molecule has 1 aliphatic carbocycles. The Morgan fingerprint density at radius 3 is 2.42 bits per heavy atom. The van der Waals surface area contributed by atoms with Crippen LogP contribution in [-0.4, -0.2) is 104 Å². The van der Waals surface area contributed by atoms with Gasteiger partial charge in [0.2, 0.25) is 5.88 Å². The van der Waals surface area contributed by atoms with E-state index in [1.807, 2.05) is 17.7 Å². The number of hydrogen-bond acceptors (Lipinski definition) is 9. The molecule has 4 aromatic heterocycles. The summed E-state index contributed by atoms with van der Waals surface area (Å²) in [6.07, 6.45) is 3.68. The maximum Gasteiger partial charge on any atom is 0.201 e. The van der Waals surface area contributed by atoms with Crippen LogP contribution in [0.1, 0.15) is 36.4 Å². The molecule has 0 amide bonds. The highest BCUT2D eigenvalue weighted by molar-refractivity contribution is 6.29. The third-order valence-electron chi connectivity index (χ3n) is 8.98. The van der Waals surface area contributed by atoms with Gasteiger partial charge in [-0.25, -0.2) is 18.4 Å². The second-order valence-electron chi connectivity index (χ2n) is 11.4. The minimum absolute atomic E-state index is 0.0551. The number of imidazole rings is 1. The van der Waals surface area contributed by atoms with Crippen molar-refractivity contribution in [2.45, 2.75) is 44.0 Å². The quantitative estimate of drug-likeness (QED) is 0.280. The molecular weight excluding hydrogens is 582 g/mol. The molecule has 14 heteroatoms. The highest BCUT2D eigenvalue weighted by Crippen LogP contribution is 2.38. The average molecular weight is 615 g/mol. The summed E-state index contributed by atoms with van der Waals surface area (Å²) >= 11 is 6.43. The molecule has 2 aliphatic heterocycles. The van der Waals surface area contributed by atoms with E-state index in [1.54, 1.807) is 10.5 Å². The first-order chi connectivity index (χ1) is 20.9. The molecule has 1 saturated carbocycles. The average Bonchev–Trinajstić information content (AvgIpc) is 3.51. The van der Waals surface area contributed by atoms with Crippen LogP contribution in [0.15, 0.2) is 30.6 Å². The topological polar surface area (TPSA) is 95.1 Å². The van der Waals surface area contributed by atoms with E-state index in [9.17, 15) is 8.78 Å². The van der Waals surface area contributed by atoms with Gasteiger partial charge < -0.3 is 14.2 Å². The molecular formula is C29H33ClF2N8O3. The summed E-state index contributed by atoms with van der Waals surface area (Å²) in [5.41, 5.74) is 2.95. The molecule has 0 spiro atoms. The fourth-order valence-corrected chi connectivity index (χ4v) is 6.50. The lowest BCUT2D eigenvalue weighted by molar-refractivity contribution is -0.0842. The number of aromatic nitrogens is 6. The van der Waals surface area contributed by atoms with E-state index < -0.39 is 17.7 Å². The minimum atomic E-state index is -0.883. The van der Waals surface area contributed by atoms with Crippen LogP contribution in [0.25, 0.3) is 16.9 Å². The first kappa shape index (κ1) is 28.5. The Morgan fingerprint density at radius 2 is 1.74 bits per heavy atom. The van der Waals surface area contributed by atoms with Gasteiger partial charge in [0.05, 0.1) is 43.4 Å². The Labute approximate surface area is 252 Å². The summed E-state index contributed by atoms with van der Waals surface area (Å²) in [5.74, 6) is -1.22. The molecule has 43 heavy (non-hydrogen) atoms. The van der Waals surface area contributed by atoms with Gasteiger partial charge in [-0.1, -0.05) is 16.8 Å². The van der Waals surface area contributed by atoms with Gasteiger partial charge in [0, 0.05) is 57.0 Å². The second kappa shape index (κ2) is 11.7. The minimum Gasteiger partial charge on any atom is -0.475 e. The summed E-state index contributed by atoms with van der Waals surface area (Å²) in [6.45, 7) is 8.06. The monoisotopic (exact) mass is 614 g/mol. The Hall–Kier alpha value is -3.23. The van der Waals surface area contributed by atoms with E-state index in [4.69, 9.17) is 25.8 Å². The van der Waals surface area contributed by atoms with E-state index in [2.05, 4.69) is 30.1 Å². The van der Waals surface area contributed by atoms with E-state index in [0.717, 1.165) is 81.4 Å². The highest BCUT2D eigenvalue weighted by Gasteiger charge is 2.39. The van der Waals surface area contributed by atoms with Crippen LogP contribution in [0.3, 0.4) is 0 Å². The molecule has 1 atom stereocenters. The van der Waals surface area contributed by atoms with Crippen LogP contribution in [0.2, 0.25) is 5.15 Å². The van der Waals surface area contributed by atoms with Crippen molar-refractivity contribution in [3.63, 3.8) is 0 Å². The zero-order valence-corrected chi connectivity index (χ0v) is 24.8. The molecule has 2 saturated heterocycles. The fourth-order valence-electron chi connectivity index (χ4n) is 6.28. The van der Waals surface area contributed by atoms with E-state index >= 15 is 0 Å². The summed E-state index contributed by atoms with van der Waals surface area (Å²) < 4.78 is 48.3. The molecule has 3 aliphatic rings. The standard InChI is InChI=1S/C29H33ClF2N8O3/c1-17-28(35-36-40(17)21-10-20(11-21)37-3-5-38(6-4-37)22-14-42-15-22)18-7-26-33-13-25(30)39(26)27(8-18)43-16-24(41-2)29-23(32)9-19(31)12-34-29/h7-9,12-13,20-22,24H,3-6,10-11,14-16H2,1-2H3/t20-,21+,24?. The molecule has 0 aromatic carbocycles. The molecule has 228 valence electrons. The van der Waals surface area contributed by atoms with Gasteiger partial charge in [-0.05, 0) is 25.8 Å². The van der Waals surface area contributed by atoms with E-state index in [-0.39, 0.29) is 12.3 Å². The van der Waals surface area contributed by atoms with Crippen LogP contribution in [-0.2, 0) is 9.47 Å². The number of fused-ring (bicyclic) bond motifs is 1. The van der Waals surface area contributed by atoms with Crippen molar-refractivity contribution in [3.8, 4) is 17.1 Å². The van der Waals surface area contributed by atoms with E-state index in [0.29, 0.717) is 34.8 Å². The largest absolute Gasteiger partial charge is 0.475 e. The van der Waals surface area contributed by atoms with Crippen molar-refractivity contribution < 1.29 is 23.0 Å².